The number of rotatable bonds is 6. The van der Waals surface area contributed by atoms with E-state index in [9.17, 15) is 0 Å². The smallest absolute Gasteiger partial charge is 0.164 e. The van der Waals surface area contributed by atoms with Crippen molar-refractivity contribution in [3.63, 3.8) is 0 Å². The summed E-state index contributed by atoms with van der Waals surface area (Å²) in [5.74, 6) is 1.86. The lowest BCUT2D eigenvalue weighted by molar-refractivity contribution is 1.07. The zero-order chi connectivity index (χ0) is 30.7. The van der Waals surface area contributed by atoms with Crippen molar-refractivity contribution in [1.82, 2.24) is 19.9 Å². The number of hydrogen-bond donors (Lipinski definition) is 0. The second-order valence-electron chi connectivity index (χ2n) is 11.1. The summed E-state index contributed by atoms with van der Waals surface area (Å²) < 4.78 is 0. The van der Waals surface area contributed by atoms with Crippen LogP contribution in [0.5, 0.6) is 0 Å². The topological polar surface area (TPSA) is 51.6 Å². The van der Waals surface area contributed by atoms with Gasteiger partial charge in [-0.15, -0.1) is 0 Å². The fraction of sp³-hybridized carbons (Fsp3) is 0. The van der Waals surface area contributed by atoms with Crippen molar-refractivity contribution in [2.75, 3.05) is 0 Å². The summed E-state index contributed by atoms with van der Waals surface area (Å²) in [6, 6.07) is 56.4. The minimum Gasteiger partial charge on any atom is -0.256 e. The Kier molecular flexibility index (Phi) is 7.14. The highest BCUT2D eigenvalue weighted by Gasteiger charge is 2.19. The predicted octanol–water partition coefficient (Wildman–Crippen LogP) is 10.4. The van der Waals surface area contributed by atoms with Crippen LogP contribution < -0.4 is 0 Å². The van der Waals surface area contributed by atoms with Gasteiger partial charge in [-0.05, 0) is 69.8 Å². The van der Waals surface area contributed by atoms with Crippen LogP contribution in [0.4, 0.5) is 0 Å². The van der Waals surface area contributed by atoms with E-state index in [4.69, 9.17) is 15.0 Å². The van der Waals surface area contributed by atoms with E-state index in [1.807, 2.05) is 54.7 Å². The standard InChI is InChI=1S/C42H28N4/c1-5-14-29(15-6-1)36-27-35(28-37(30-16-7-2-8-17-30)39(36)31-18-9-3-10-19-31)42-45-40(32-20-11-4-12-21-32)44-41(46-42)34-23-24-38-33(26-34)22-13-25-43-38/h1-28H. The number of hydrogen-bond acceptors (Lipinski definition) is 4. The number of aromatic nitrogens is 4. The first kappa shape index (κ1) is 27.3. The van der Waals surface area contributed by atoms with Crippen molar-refractivity contribution in [3.05, 3.63) is 170 Å². The molecule has 216 valence electrons. The van der Waals surface area contributed by atoms with E-state index < -0.39 is 0 Å². The summed E-state index contributed by atoms with van der Waals surface area (Å²) in [7, 11) is 0. The fourth-order valence-electron chi connectivity index (χ4n) is 5.94. The monoisotopic (exact) mass is 588 g/mol. The maximum Gasteiger partial charge on any atom is 0.164 e. The van der Waals surface area contributed by atoms with E-state index in [2.05, 4.69) is 120 Å². The normalized spacial score (nSPS) is 11.0. The molecule has 0 radical (unpaired) electrons. The van der Waals surface area contributed by atoms with Crippen LogP contribution in [0.15, 0.2) is 170 Å². The lowest BCUT2D eigenvalue weighted by atomic mass is 9.86. The number of fused-ring (bicyclic) bond motifs is 1. The van der Waals surface area contributed by atoms with Crippen LogP contribution in [0.2, 0.25) is 0 Å². The summed E-state index contributed by atoms with van der Waals surface area (Å²) in [6.45, 7) is 0. The molecule has 0 aliphatic rings. The van der Waals surface area contributed by atoms with Crippen LogP contribution in [0.1, 0.15) is 0 Å². The summed E-state index contributed by atoms with van der Waals surface area (Å²) in [5, 5.41) is 1.04. The lowest BCUT2D eigenvalue weighted by Crippen LogP contribution is -2.01. The van der Waals surface area contributed by atoms with Gasteiger partial charge in [-0.1, -0.05) is 127 Å². The lowest BCUT2D eigenvalue weighted by Gasteiger charge is -2.19. The number of pyridine rings is 1. The van der Waals surface area contributed by atoms with Gasteiger partial charge < -0.3 is 0 Å². The first-order chi connectivity index (χ1) is 22.8. The Bertz CT molecular complexity index is 2220. The zero-order valence-corrected chi connectivity index (χ0v) is 25.0. The highest BCUT2D eigenvalue weighted by molar-refractivity contribution is 5.97. The molecular formula is C42H28N4. The Labute approximate surface area is 267 Å². The minimum absolute atomic E-state index is 0.615. The molecule has 8 rings (SSSR count). The van der Waals surface area contributed by atoms with Crippen LogP contribution in [0.25, 0.3) is 78.4 Å². The van der Waals surface area contributed by atoms with Crippen LogP contribution >= 0.6 is 0 Å². The molecular weight excluding hydrogens is 560 g/mol. The molecule has 2 aromatic heterocycles. The van der Waals surface area contributed by atoms with Gasteiger partial charge in [0.05, 0.1) is 5.52 Å². The van der Waals surface area contributed by atoms with Gasteiger partial charge in [0.1, 0.15) is 0 Å². The second kappa shape index (κ2) is 12.0. The Hall–Kier alpha value is -6.26. The Balaban J connectivity index is 1.42. The van der Waals surface area contributed by atoms with Gasteiger partial charge >= 0.3 is 0 Å². The Morgan fingerprint density at radius 1 is 0.326 bits per heavy atom. The third kappa shape index (κ3) is 5.33. The van der Waals surface area contributed by atoms with Gasteiger partial charge in [0.2, 0.25) is 0 Å². The molecule has 8 aromatic rings. The van der Waals surface area contributed by atoms with Crippen molar-refractivity contribution in [2.45, 2.75) is 0 Å². The van der Waals surface area contributed by atoms with E-state index in [0.717, 1.165) is 55.4 Å². The predicted molar refractivity (Wildman–Crippen MR) is 188 cm³/mol. The van der Waals surface area contributed by atoms with Crippen LogP contribution in [-0.2, 0) is 0 Å². The molecule has 0 atom stereocenters. The van der Waals surface area contributed by atoms with Gasteiger partial charge in [0.25, 0.3) is 0 Å². The molecule has 0 bridgehead atoms. The molecule has 0 saturated carbocycles. The first-order valence-electron chi connectivity index (χ1n) is 15.3. The molecule has 0 unspecified atom stereocenters. The van der Waals surface area contributed by atoms with Crippen molar-refractivity contribution in [3.8, 4) is 67.5 Å². The molecule has 0 saturated heterocycles. The van der Waals surface area contributed by atoms with E-state index in [0.29, 0.717) is 17.5 Å². The molecule has 0 aliphatic heterocycles. The van der Waals surface area contributed by atoms with Crippen LogP contribution in [0, 0.1) is 0 Å². The average Bonchev–Trinajstić information content (AvgIpc) is 3.15. The zero-order valence-electron chi connectivity index (χ0n) is 25.0. The van der Waals surface area contributed by atoms with Gasteiger partial charge in [-0.3, -0.25) is 4.98 Å². The summed E-state index contributed by atoms with van der Waals surface area (Å²) >= 11 is 0. The maximum atomic E-state index is 5.14. The van der Waals surface area contributed by atoms with Crippen molar-refractivity contribution in [2.24, 2.45) is 0 Å². The van der Waals surface area contributed by atoms with Crippen molar-refractivity contribution < 1.29 is 0 Å². The summed E-state index contributed by atoms with van der Waals surface area (Å²) in [4.78, 5) is 19.7. The number of benzene rings is 6. The Morgan fingerprint density at radius 3 is 1.37 bits per heavy atom. The van der Waals surface area contributed by atoms with Crippen LogP contribution in [-0.4, -0.2) is 19.9 Å². The van der Waals surface area contributed by atoms with Gasteiger partial charge in [0.15, 0.2) is 17.5 Å². The average molecular weight is 589 g/mol. The number of nitrogens with zero attached hydrogens (tertiary/aromatic N) is 4. The van der Waals surface area contributed by atoms with Gasteiger partial charge in [0, 0.05) is 28.3 Å². The maximum absolute atomic E-state index is 5.14. The molecule has 2 heterocycles. The minimum atomic E-state index is 0.615. The molecule has 0 amide bonds. The highest BCUT2D eigenvalue weighted by atomic mass is 15.0. The molecule has 0 N–H and O–H groups in total. The van der Waals surface area contributed by atoms with Crippen molar-refractivity contribution in [1.29, 1.82) is 0 Å². The molecule has 0 aliphatic carbocycles. The fourth-order valence-corrected chi connectivity index (χ4v) is 5.94. The molecule has 0 spiro atoms. The van der Waals surface area contributed by atoms with E-state index in [1.165, 1.54) is 5.56 Å². The van der Waals surface area contributed by atoms with Crippen LogP contribution in [0.3, 0.4) is 0 Å². The highest BCUT2D eigenvalue weighted by Crippen LogP contribution is 2.43. The molecule has 0 fully saturated rings. The molecule has 46 heavy (non-hydrogen) atoms. The Morgan fingerprint density at radius 2 is 0.804 bits per heavy atom. The largest absolute Gasteiger partial charge is 0.256 e. The quantitative estimate of drug-likeness (QED) is 0.194. The SMILES string of the molecule is c1ccc(-c2nc(-c3cc(-c4ccccc4)c(-c4ccccc4)c(-c4ccccc4)c3)nc(-c3ccc4ncccc4c3)n2)cc1. The molecule has 4 heteroatoms. The molecule has 4 nitrogen and oxygen atoms in total. The van der Waals surface area contributed by atoms with E-state index >= 15 is 0 Å². The summed E-state index contributed by atoms with van der Waals surface area (Å²) in [5.41, 5.74) is 10.5. The summed E-state index contributed by atoms with van der Waals surface area (Å²) in [6.07, 6.45) is 1.81. The van der Waals surface area contributed by atoms with Gasteiger partial charge in [-0.2, -0.15) is 0 Å². The molecule has 6 aromatic carbocycles. The third-order valence-corrected chi connectivity index (χ3v) is 8.16. The van der Waals surface area contributed by atoms with Crippen molar-refractivity contribution >= 4 is 10.9 Å². The first-order valence-corrected chi connectivity index (χ1v) is 15.3. The van der Waals surface area contributed by atoms with E-state index in [1.54, 1.807) is 0 Å². The third-order valence-electron chi connectivity index (χ3n) is 8.16. The second-order valence-corrected chi connectivity index (χ2v) is 11.1. The van der Waals surface area contributed by atoms with Gasteiger partial charge in [-0.25, -0.2) is 15.0 Å². The van der Waals surface area contributed by atoms with E-state index in [-0.39, 0.29) is 0 Å².